The Hall–Kier alpha value is -1.42. The van der Waals surface area contributed by atoms with Crippen LogP contribution in [0.25, 0.3) is 0 Å². The molecule has 0 heterocycles. The molecular weight excluding hydrogens is 255 g/mol. The Bertz CT molecular complexity index is 454. The SMILES string of the molecule is CCN(Cc1cccc(F)c1)C(=O)CC(N)C(C)(C)C. The minimum absolute atomic E-state index is 0.0131. The van der Waals surface area contributed by atoms with Crippen LogP contribution in [0.2, 0.25) is 0 Å². The molecule has 0 saturated heterocycles. The van der Waals surface area contributed by atoms with Gasteiger partial charge < -0.3 is 10.6 Å². The molecule has 3 nitrogen and oxygen atoms in total. The molecule has 112 valence electrons. The van der Waals surface area contributed by atoms with Gasteiger partial charge in [0.1, 0.15) is 5.82 Å². The van der Waals surface area contributed by atoms with Crippen molar-refractivity contribution in [2.45, 2.75) is 46.7 Å². The van der Waals surface area contributed by atoms with Crippen molar-refractivity contribution in [3.63, 3.8) is 0 Å². The van der Waals surface area contributed by atoms with Gasteiger partial charge in [0.25, 0.3) is 0 Å². The number of rotatable bonds is 5. The number of nitrogens with two attached hydrogens (primary N) is 1. The highest BCUT2D eigenvalue weighted by molar-refractivity contribution is 5.76. The van der Waals surface area contributed by atoms with Crippen molar-refractivity contribution in [2.24, 2.45) is 11.1 Å². The summed E-state index contributed by atoms with van der Waals surface area (Å²) < 4.78 is 13.2. The number of benzene rings is 1. The summed E-state index contributed by atoms with van der Waals surface area (Å²) in [4.78, 5) is 14.0. The number of halogens is 1. The molecule has 0 aliphatic heterocycles. The third-order valence-electron chi connectivity index (χ3n) is 3.50. The van der Waals surface area contributed by atoms with Gasteiger partial charge in [-0.15, -0.1) is 0 Å². The number of hydrogen-bond donors (Lipinski definition) is 1. The average Bonchev–Trinajstić information content (AvgIpc) is 2.34. The van der Waals surface area contributed by atoms with Crippen LogP contribution in [0.15, 0.2) is 24.3 Å². The van der Waals surface area contributed by atoms with Crippen molar-refractivity contribution >= 4 is 5.91 Å². The Kier molecular flexibility index (Phi) is 5.69. The van der Waals surface area contributed by atoms with Crippen molar-refractivity contribution in [3.05, 3.63) is 35.6 Å². The van der Waals surface area contributed by atoms with Gasteiger partial charge in [0.2, 0.25) is 5.91 Å². The summed E-state index contributed by atoms with van der Waals surface area (Å²) >= 11 is 0. The molecule has 20 heavy (non-hydrogen) atoms. The van der Waals surface area contributed by atoms with Gasteiger partial charge in [0.15, 0.2) is 0 Å². The lowest BCUT2D eigenvalue weighted by Gasteiger charge is -2.29. The fourth-order valence-electron chi connectivity index (χ4n) is 1.86. The molecular formula is C16H25FN2O. The zero-order chi connectivity index (χ0) is 15.3. The summed E-state index contributed by atoms with van der Waals surface area (Å²) in [6.45, 7) is 8.99. The van der Waals surface area contributed by atoms with Gasteiger partial charge in [-0.2, -0.15) is 0 Å². The van der Waals surface area contributed by atoms with E-state index >= 15 is 0 Å². The second kappa shape index (κ2) is 6.84. The highest BCUT2D eigenvalue weighted by atomic mass is 19.1. The van der Waals surface area contributed by atoms with E-state index < -0.39 is 0 Å². The Morgan fingerprint density at radius 3 is 2.55 bits per heavy atom. The van der Waals surface area contributed by atoms with Crippen molar-refractivity contribution in [3.8, 4) is 0 Å². The molecule has 1 unspecified atom stereocenters. The second-order valence-corrected chi connectivity index (χ2v) is 6.21. The zero-order valence-corrected chi connectivity index (χ0v) is 12.8. The quantitative estimate of drug-likeness (QED) is 0.901. The number of amides is 1. The lowest BCUT2D eigenvalue weighted by atomic mass is 9.85. The van der Waals surface area contributed by atoms with Crippen molar-refractivity contribution in [1.29, 1.82) is 0 Å². The van der Waals surface area contributed by atoms with E-state index in [2.05, 4.69) is 0 Å². The Morgan fingerprint density at radius 2 is 2.05 bits per heavy atom. The molecule has 1 aromatic carbocycles. The predicted molar refractivity (Wildman–Crippen MR) is 79.5 cm³/mol. The van der Waals surface area contributed by atoms with Crippen LogP contribution in [0.4, 0.5) is 4.39 Å². The molecule has 1 amide bonds. The molecule has 1 rings (SSSR count). The lowest BCUT2D eigenvalue weighted by molar-refractivity contribution is -0.132. The molecule has 1 atom stereocenters. The van der Waals surface area contributed by atoms with Gasteiger partial charge in [0.05, 0.1) is 0 Å². The van der Waals surface area contributed by atoms with E-state index in [0.717, 1.165) is 5.56 Å². The molecule has 1 aromatic rings. The third kappa shape index (κ3) is 4.93. The van der Waals surface area contributed by atoms with Gasteiger partial charge in [-0.25, -0.2) is 4.39 Å². The van der Waals surface area contributed by atoms with Gasteiger partial charge in [-0.3, -0.25) is 4.79 Å². The van der Waals surface area contributed by atoms with Crippen molar-refractivity contribution in [2.75, 3.05) is 6.54 Å². The first-order chi connectivity index (χ1) is 9.24. The smallest absolute Gasteiger partial charge is 0.224 e. The first-order valence-corrected chi connectivity index (χ1v) is 7.02. The number of carbonyl (C=O) groups is 1. The number of carbonyl (C=O) groups excluding carboxylic acids is 1. The molecule has 0 bridgehead atoms. The monoisotopic (exact) mass is 280 g/mol. The standard InChI is InChI=1S/C16H25FN2O/c1-5-19(11-12-7-6-8-13(17)9-12)15(20)10-14(18)16(2,3)4/h6-9,14H,5,10-11,18H2,1-4H3. The summed E-state index contributed by atoms with van der Waals surface area (Å²) in [6, 6.07) is 6.15. The van der Waals surface area contributed by atoms with Gasteiger partial charge in [0, 0.05) is 25.6 Å². The van der Waals surface area contributed by atoms with E-state index in [4.69, 9.17) is 5.73 Å². The van der Waals surface area contributed by atoms with Gasteiger partial charge in [-0.1, -0.05) is 32.9 Å². The molecule has 0 aliphatic carbocycles. The first kappa shape index (κ1) is 16.6. The highest BCUT2D eigenvalue weighted by Gasteiger charge is 2.25. The predicted octanol–water partition coefficient (Wildman–Crippen LogP) is 2.94. The topological polar surface area (TPSA) is 46.3 Å². The summed E-state index contributed by atoms with van der Waals surface area (Å²) in [7, 11) is 0. The highest BCUT2D eigenvalue weighted by Crippen LogP contribution is 2.20. The Balaban J connectivity index is 2.69. The van der Waals surface area contributed by atoms with E-state index in [0.29, 0.717) is 19.5 Å². The average molecular weight is 280 g/mol. The van der Waals surface area contributed by atoms with Crippen molar-refractivity contribution in [1.82, 2.24) is 4.90 Å². The van der Waals surface area contributed by atoms with Gasteiger partial charge in [-0.05, 0) is 30.0 Å². The van der Waals surface area contributed by atoms with Crippen LogP contribution in [0.5, 0.6) is 0 Å². The normalized spacial score (nSPS) is 13.1. The fourth-order valence-corrected chi connectivity index (χ4v) is 1.86. The maximum atomic E-state index is 13.2. The van der Waals surface area contributed by atoms with Crippen LogP contribution in [-0.4, -0.2) is 23.4 Å². The van der Waals surface area contributed by atoms with E-state index in [1.807, 2.05) is 33.8 Å². The van der Waals surface area contributed by atoms with Crippen LogP contribution in [0.3, 0.4) is 0 Å². The maximum Gasteiger partial charge on any atom is 0.224 e. The molecule has 0 spiro atoms. The molecule has 0 aromatic heterocycles. The molecule has 4 heteroatoms. The van der Waals surface area contributed by atoms with Gasteiger partial charge >= 0.3 is 0 Å². The molecule has 0 fully saturated rings. The minimum atomic E-state index is -0.280. The lowest BCUT2D eigenvalue weighted by Crippen LogP contribution is -2.41. The van der Waals surface area contributed by atoms with Crippen LogP contribution < -0.4 is 5.73 Å². The number of nitrogens with zero attached hydrogens (tertiary/aromatic N) is 1. The summed E-state index contributed by atoms with van der Waals surface area (Å²) in [5.74, 6) is -0.267. The van der Waals surface area contributed by atoms with Crippen LogP contribution in [-0.2, 0) is 11.3 Å². The first-order valence-electron chi connectivity index (χ1n) is 7.02. The van der Waals surface area contributed by atoms with Crippen molar-refractivity contribution < 1.29 is 9.18 Å². The van der Waals surface area contributed by atoms with Crippen LogP contribution in [0, 0.1) is 11.2 Å². The summed E-state index contributed by atoms with van der Waals surface area (Å²) in [5.41, 5.74) is 6.75. The van der Waals surface area contributed by atoms with Crippen LogP contribution in [0.1, 0.15) is 39.7 Å². The summed E-state index contributed by atoms with van der Waals surface area (Å²) in [5, 5.41) is 0. The molecule has 0 aliphatic rings. The molecule has 0 saturated carbocycles. The fraction of sp³-hybridized carbons (Fsp3) is 0.562. The molecule has 0 radical (unpaired) electrons. The minimum Gasteiger partial charge on any atom is -0.339 e. The Labute approximate surface area is 121 Å². The van der Waals surface area contributed by atoms with E-state index in [1.54, 1.807) is 11.0 Å². The third-order valence-corrected chi connectivity index (χ3v) is 3.50. The van der Waals surface area contributed by atoms with E-state index in [-0.39, 0.29) is 23.2 Å². The van der Waals surface area contributed by atoms with E-state index in [1.165, 1.54) is 12.1 Å². The maximum absolute atomic E-state index is 13.2. The van der Waals surface area contributed by atoms with Crippen LogP contribution >= 0.6 is 0 Å². The second-order valence-electron chi connectivity index (χ2n) is 6.21. The molecule has 2 N–H and O–H groups in total. The summed E-state index contributed by atoms with van der Waals surface area (Å²) in [6.07, 6.45) is 0.312. The zero-order valence-electron chi connectivity index (χ0n) is 12.8. The largest absolute Gasteiger partial charge is 0.339 e. The Morgan fingerprint density at radius 1 is 1.40 bits per heavy atom. The number of hydrogen-bond acceptors (Lipinski definition) is 2. The van der Waals surface area contributed by atoms with E-state index in [9.17, 15) is 9.18 Å².